The van der Waals surface area contributed by atoms with Gasteiger partial charge in [-0.2, -0.15) is 0 Å². The lowest BCUT2D eigenvalue weighted by Gasteiger charge is -2.43. The van der Waals surface area contributed by atoms with Crippen LogP contribution in [0.5, 0.6) is 0 Å². The summed E-state index contributed by atoms with van der Waals surface area (Å²) in [6.45, 7) is 4.53. The molecule has 0 saturated carbocycles. The van der Waals surface area contributed by atoms with Crippen LogP contribution in [0.3, 0.4) is 0 Å². The molecular formula is C23H30N4O2. The highest BCUT2D eigenvalue weighted by atomic mass is 16.1. The minimum absolute atomic E-state index is 0.0891. The van der Waals surface area contributed by atoms with Crippen molar-refractivity contribution in [3.8, 4) is 0 Å². The Labute approximate surface area is 171 Å². The molecule has 2 aliphatic rings. The molecule has 1 saturated heterocycles. The zero-order valence-electron chi connectivity index (χ0n) is 17.1. The average molecular weight is 395 g/mol. The second kappa shape index (κ2) is 8.51. The van der Waals surface area contributed by atoms with E-state index in [0.29, 0.717) is 18.4 Å². The fourth-order valence-corrected chi connectivity index (χ4v) is 4.94. The van der Waals surface area contributed by atoms with Gasteiger partial charge >= 0.3 is 0 Å². The molecule has 2 N–H and O–H groups in total. The van der Waals surface area contributed by atoms with Gasteiger partial charge in [0.05, 0.1) is 6.54 Å². The number of carbonyl (C=O) groups is 1. The highest BCUT2D eigenvalue weighted by Gasteiger charge is 2.34. The summed E-state index contributed by atoms with van der Waals surface area (Å²) >= 11 is 0. The highest BCUT2D eigenvalue weighted by molar-refractivity contribution is 5.75. The summed E-state index contributed by atoms with van der Waals surface area (Å²) in [5.74, 6) is 0.562. The highest BCUT2D eigenvalue weighted by Crippen LogP contribution is 2.35. The first-order valence-corrected chi connectivity index (χ1v) is 10.5. The van der Waals surface area contributed by atoms with E-state index in [9.17, 15) is 9.59 Å². The Morgan fingerprint density at radius 1 is 1.14 bits per heavy atom. The first-order chi connectivity index (χ1) is 14.0. The molecule has 0 spiro atoms. The molecule has 3 heterocycles. The Hall–Kier alpha value is -2.44. The van der Waals surface area contributed by atoms with E-state index in [1.807, 2.05) is 17.7 Å². The largest absolute Gasteiger partial charge is 0.369 e. The maximum atomic E-state index is 13.1. The van der Waals surface area contributed by atoms with Crippen LogP contribution in [0, 0.1) is 5.92 Å². The Morgan fingerprint density at radius 3 is 2.69 bits per heavy atom. The number of hydrogen-bond acceptors (Lipinski definition) is 4. The lowest BCUT2D eigenvalue weighted by atomic mass is 9.83. The lowest BCUT2D eigenvalue weighted by molar-refractivity contribution is -0.118. The molecule has 2 atom stereocenters. The third kappa shape index (κ3) is 4.60. The zero-order chi connectivity index (χ0) is 20.4. The molecule has 154 valence electrons. The van der Waals surface area contributed by atoms with Crippen LogP contribution in [0.1, 0.15) is 29.2 Å². The number of nitrogens with two attached hydrogens (primary N) is 1. The van der Waals surface area contributed by atoms with Crippen LogP contribution in [-0.2, 0) is 24.3 Å². The smallest absolute Gasteiger partial charge is 0.255 e. The number of aromatic nitrogens is 1. The van der Waals surface area contributed by atoms with Gasteiger partial charge in [-0.15, -0.1) is 0 Å². The van der Waals surface area contributed by atoms with Crippen molar-refractivity contribution >= 4 is 5.91 Å². The molecule has 2 aromatic rings. The standard InChI is InChI=1S/C23H30N4O2/c1-25(16-22(24)28)14-19-7-8-21-20-11-18(13-27(21)23(19)29)12-26(15-20)10-9-17-5-3-2-4-6-17/h2-8,18,20H,9-16H2,1H3,(H2,24,28)/t18-,20+/m0/s1. The quantitative estimate of drug-likeness (QED) is 0.771. The number of nitrogens with zero attached hydrogens (tertiary/aromatic N) is 3. The molecule has 1 amide bonds. The molecule has 2 bridgehead atoms. The zero-order valence-corrected chi connectivity index (χ0v) is 17.1. The van der Waals surface area contributed by atoms with Crippen LogP contribution < -0.4 is 11.3 Å². The number of benzene rings is 1. The summed E-state index contributed by atoms with van der Waals surface area (Å²) in [6.07, 6.45) is 2.24. The van der Waals surface area contributed by atoms with Crippen LogP contribution in [0.15, 0.2) is 47.3 Å². The lowest BCUT2D eigenvalue weighted by Crippen LogP contribution is -2.48. The third-order valence-corrected chi connectivity index (χ3v) is 6.18. The van der Waals surface area contributed by atoms with Crippen molar-refractivity contribution in [2.24, 2.45) is 11.7 Å². The van der Waals surface area contributed by atoms with Crippen LogP contribution in [-0.4, -0.2) is 53.5 Å². The Balaban J connectivity index is 1.46. The number of fused-ring (bicyclic) bond motifs is 4. The van der Waals surface area contributed by atoms with E-state index < -0.39 is 0 Å². The van der Waals surface area contributed by atoms with Crippen LogP contribution in [0.25, 0.3) is 0 Å². The van der Waals surface area contributed by atoms with E-state index in [4.69, 9.17) is 5.73 Å². The molecule has 4 rings (SSSR count). The first kappa shape index (κ1) is 19.9. The Bertz CT molecular complexity index is 924. The third-order valence-electron chi connectivity index (χ3n) is 6.18. The summed E-state index contributed by atoms with van der Waals surface area (Å²) < 4.78 is 1.99. The van der Waals surface area contributed by atoms with Crippen molar-refractivity contribution in [1.29, 1.82) is 0 Å². The van der Waals surface area contributed by atoms with Gasteiger partial charge in [-0.1, -0.05) is 36.4 Å². The van der Waals surface area contributed by atoms with Crippen molar-refractivity contribution in [1.82, 2.24) is 14.4 Å². The van der Waals surface area contributed by atoms with Crippen molar-refractivity contribution in [3.63, 3.8) is 0 Å². The number of amides is 1. The summed E-state index contributed by atoms with van der Waals surface area (Å²) in [4.78, 5) is 28.5. The molecule has 0 radical (unpaired) electrons. The number of likely N-dealkylation sites (N-methyl/N-ethyl adjacent to an activating group) is 1. The molecule has 2 aliphatic heterocycles. The normalized spacial score (nSPS) is 21.2. The molecule has 1 aromatic carbocycles. The van der Waals surface area contributed by atoms with Crippen molar-refractivity contribution in [3.05, 3.63) is 69.6 Å². The number of hydrogen-bond donors (Lipinski definition) is 1. The van der Waals surface area contributed by atoms with E-state index in [2.05, 4.69) is 41.3 Å². The van der Waals surface area contributed by atoms with Crippen molar-refractivity contribution in [2.75, 3.05) is 33.2 Å². The van der Waals surface area contributed by atoms with E-state index in [1.54, 1.807) is 4.90 Å². The summed E-state index contributed by atoms with van der Waals surface area (Å²) in [5, 5.41) is 0. The first-order valence-electron chi connectivity index (χ1n) is 10.5. The molecule has 29 heavy (non-hydrogen) atoms. The van der Waals surface area contributed by atoms with Crippen molar-refractivity contribution < 1.29 is 4.79 Å². The minimum Gasteiger partial charge on any atom is -0.369 e. The second-order valence-corrected chi connectivity index (χ2v) is 8.63. The predicted octanol–water partition coefficient (Wildman–Crippen LogP) is 1.43. The number of primary amides is 1. The second-order valence-electron chi connectivity index (χ2n) is 8.63. The molecule has 6 nitrogen and oxygen atoms in total. The van der Waals surface area contributed by atoms with Crippen LogP contribution >= 0.6 is 0 Å². The fraction of sp³-hybridized carbons (Fsp3) is 0.478. The Morgan fingerprint density at radius 2 is 1.93 bits per heavy atom. The van der Waals surface area contributed by atoms with Gasteiger partial charge in [-0.25, -0.2) is 0 Å². The van der Waals surface area contributed by atoms with Gasteiger partial charge in [0.25, 0.3) is 5.56 Å². The molecule has 1 fully saturated rings. The van der Waals surface area contributed by atoms with Crippen LogP contribution in [0.2, 0.25) is 0 Å². The van der Waals surface area contributed by atoms with Gasteiger partial charge in [0.2, 0.25) is 5.91 Å². The molecular weight excluding hydrogens is 364 g/mol. The van der Waals surface area contributed by atoms with E-state index in [-0.39, 0.29) is 18.0 Å². The molecule has 0 aliphatic carbocycles. The number of piperidine rings is 1. The van der Waals surface area contributed by atoms with Gasteiger partial charge < -0.3 is 15.2 Å². The minimum atomic E-state index is -0.379. The number of rotatable bonds is 7. The SMILES string of the molecule is CN(CC(N)=O)Cc1ccc2n(c1=O)C[C@H]1C[C@@H]2CN(CCc2ccccc2)C1. The number of carbonyl (C=O) groups excluding carboxylic acids is 1. The molecule has 1 aromatic heterocycles. The van der Waals surface area contributed by atoms with Crippen LogP contribution in [0.4, 0.5) is 0 Å². The summed E-state index contributed by atoms with van der Waals surface area (Å²) in [5.41, 5.74) is 8.63. The van der Waals surface area contributed by atoms with E-state index in [1.165, 1.54) is 12.0 Å². The van der Waals surface area contributed by atoms with Gasteiger partial charge in [0.15, 0.2) is 0 Å². The monoisotopic (exact) mass is 394 g/mol. The number of pyridine rings is 1. The Kier molecular flexibility index (Phi) is 5.83. The van der Waals surface area contributed by atoms with Gasteiger partial charge in [0.1, 0.15) is 0 Å². The maximum Gasteiger partial charge on any atom is 0.255 e. The van der Waals surface area contributed by atoms with Gasteiger partial charge in [0, 0.05) is 49.9 Å². The fourth-order valence-electron chi connectivity index (χ4n) is 4.94. The summed E-state index contributed by atoms with van der Waals surface area (Å²) in [6, 6.07) is 14.7. The van der Waals surface area contributed by atoms with Gasteiger partial charge in [-0.3, -0.25) is 14.5 Å². The molecule has 0 unspecified atom stereocenters. The molecule has 6 heteroatoms. The van der Waals surface area contributed by atoms with E-state index in [0.717, 1.165) is 43.9 Å². The number of likely N-dealkylation sites (tertiary alicyclic amines) is 1. The maximum absolute atomic E-state index is 13.1. The van der Waals surface area contributed by atoms with Gasteiger partial charge in [-0.05, 0) is 37.4 Å². The topological polar surface area (TPSA) is 71.6 Å². The van der Waals surface area contributed by atoms with E-state index >= 15 is 0 Å². The average Bonchev–Trinajstić information content (AvgIpc) is 2.69. The predicted molar refractivity (Wildman–Crippen MR) is 114 cm³/mol. The summed E-state index contributed by atoms with van der Waals surface area (Å²) in [7, 11) is 1.81. The van der Waals surface area contributed by atoms with Crippen molar-refractivity contribution in [2.45, 2.75) is 31.8 Å².